The van der Waals surface area contributed by atoms with Crippen LogP contribution in [0, 0.1) is 0 Å². The van der Waals surface area contributed by atoms with Crippen molar-refractivity contribution in [2.45, 2.75) is 32.2 Å². The first-order valence-electron chi connectivity index (χ1n) is 7.32. The monoisotopic (exact) mass is 341 g/mol. The van der Waals surface area contributed by atoms with Crippen molar-refractivity contribution in [1.29, 1.82) is 0 Å². The third kappa shape index (κ3) is 3.81. The Morgan fingerprint density at radius 2 is 2.00 bits per heavy atom. The highest BCUT2D eigenvalue weighted by Crippen LogP contribution is 2.36. The van der Waals surface area contributed by atoms with Crippen LogP contribution in [0.15, 0.2) is 35.7 Å². The van der Waals surface area contributed by atoms with E-state index in [2.05, 4.69) is 35.4 Å². The number of benzene rings is 1. The highest BCUT2D eigenvalue weighted by atomic mass is 35.5. The maximum Gasteiger partial charge on any atom is 0.0406 e. The summed E-state index contributed by atoms with van der Waals surface area (Å²) in [6, 6.07) is 10.7. The van der Waals surface area contributed by atoms with Gasteiger partial charge in [0.15, 0.2) is 0 Å². The van der Waals surface area contributed by atoms with Crippen LogP contribution < -0.4 is 0 Å². The normalized spacial score (nSPS) is 18.1. The van der Waals surface area contributed by atoms with E-state index in [0.29, 0.717) is 5.92 Å². The van der Waals surface area contributed by atoms with E-state index in [4.69, 9.17) is 11.6 Å². The van der Waals surface area contributed by atoms with Crippen molar-refractivity contribution in [3.63, 3.8) is 0 Å². The molecule has 1 aromatic heterocycles. The third-order valence-electron chi connectivity index (χ3n) is 4.06. The first-order chi connectivity index (χ1) is 9.78. The molecule has 0 spiro atoms. The van der Waals surface area contributed by atoms with Crippen LogP contribution in [-0.4, -0.2) is 18.0 Å². The number of fused-ring (bicyclic) bond motifs is 1. The van der Waals surface area contributed by atoms with E-state index in [1.54, 1.807) is 0 Å². The van der Waals surface area contributed by atoms with Gasteiger partial charge in [-0.3, -0.25) is 4.90 Å². The number of hydrogen-bond acceptors (Lipinski definition) is 2. The Bertz CT molecular complexity index is 564. The molecule has 1 aliphatic rings. The lowest BCUT2D eigenvalue weighted by atomic mass is 9.88. The van der Waals surface area contributed by atoms with Gasteiger partial charge in [-0.05, 0) is 47.7 Å². The van der Waals surface area contributed by atoms with Crippen molar-refractivity contribution in [2.24, 2.45) is 0 Å². The van der Waals surface area contributed by atoms with Gasteiger partial charge in [0.05, 0.1) is 0 Å². The number of thiophene rings is 1. The topological polar surface area (TPSA) is 3.24 Å². The standard InChI is InChI=1S/C17H20ClNS.ClH/c1-2-3-9-19-11-16(13-4-6-14(18)7-5-13)15-8-10-20-17(15)12-19;/h4-8,10,16H,2-3,9,11-12H2,1H3;1H. The third-order valence-corrected chi connectivity index (χ3v) is 5.24. The smallest absolute Gasteiger partial charge is 0.0406 e. The van der Waals surface area contributed by atoms with Gasteiger partial charge in [-0.2, -0.15) is 0 Å². The van der Waals surface area contributed by atoms with Gasteiger partial charge in [-0.15, -0.1) is 23.7 Å². The van der Waals surface area contributed by atoms with Crippen LogP contribution in [0.4, 0.5) is 0 Å². The van der Waals surface area contributed by atoms with Gasteiger partial charge in [0.25, 0.3) is 0 Å². The van der Waals surface area contributed by atoms with Crippen LogP contribution in [0.3, 0.4) is 0 Å². The second-order valence-electron chi connectivity index (χ2n) is 5.49. The highest BCUT2D eigenvalue weighted by Gasteiger charge is 2.27. The van der Waals surface area contributed by atoms with Crippen LogP contribution in [0.5, 0.6) is 0 Å². The second-order valence-corrected chi connectivity index (χ2v) is 6.93. The molecule has 0 saturated carbocycles. The van der Waals surface area contributed by atoms with E-state index in [1.165, 1.54) is 35.4 Å². The van der Waals surface area contributed by atoms with Crippen molar-refractivity contribution in [3.8, 4) is 0 Å². The van der Waals surface area contributed by atoms with Crippen LogP contribution in [-0.2, 0) is 6.54 Å². The SMILES string of the molecule is CCCCN1Cc2sccc2C(c2ccc(Cl)cc2)C1.Cl. The molecule has 0 radical (unpaired) electrons. The number of halogens is 2. The summed E-state index contributed by atoms with van der Waals surface area (Å²) >= 11 is 7.91. The maximum atomic E-state index is 6.02. The van der Waals surface area contributed by atoms with Crippen LogP contribution >= 0.6 is 35.3 Å². The van der Waals surface area contributed by atoms with Crippen LogP contribution in [0.2, 0.25) is 5.02 Å². The first kappa shape index (κ1) is 16.8. The molecular weight excluding hydrogens is 321 g/mol. The molecular formula is C17H21Cl2NS. The highest BCUT2D eigenvalue weighted by molar-refractivity contribution is 7.10. The molecule has 0 fully saturated rings. The summed E-state index contributed by atoms with van der Waals surface area (Å²) in [6.07, 6.45) is 2.55. The molecule has 1 nitrogen and oxygen atoms in total. The summed E-state index contributed by atoms with van der Waals surface area (Å²) in [7, 11) is 0. The Morgan fingerprint density at radius 3 is 2.71 bits per heavy atom. The second kappa shape index (κ2) is 7.64. The fourth-order valence-electron chi connectivity index (χ4n) is 2.95. The van der Waals surface area contributed by atoms with Gasteiger partial charge < -0.3 is 0 Å². The number of rotatable bonds is 4. The van der Waals surface area contributed by atoms with Crippen molar-refractivity contribution >= 4 is 35.3 Å². The van der Waals surface area contributed by atoms with Crippen molar-refractivity contribution < 1.29 is 0 Å². The fraction of sp³-hybridized carbons (Fsp3) is 0.412. The van der Waals surface area contributed by atoms with Crippen LogP contribution in [0.1, 0.15) is 41.7 Å². The summed E-state index contributed by atoms with van der Waals surface area (Å²) in [6.45, 7) is 5.72. The molecule has 1 unspecified atom stereocenters. The molecule has 3 rings (SSSR count). The molecule has 0 N–H and O–H groups in total. The summed E-state index contributed by atoms with van der Waals surface area (Å²) in [5.41, 5.74) is 2.90. The van der Waals surface area contributed by atoms with Crippen molar-refractivity contribution in [3.05, 3.63) is 56.7 Å². The average Bonchev–Trinajstić information content (AvgIpc) is 2.93. The predicted octanol–water partition coefficient (Wildman–Crippen LogP) is 5.57. The minimum Gasteiger partial charge on any atom is -0.297 e. The number of unbranched alkanes of at least 4 members (excludes halogenated alkanes) is 1. The minimum atomic E-state index is 0. The molecule has 0 bridgehead atoms. The Balaban J connectivity index is 0.00000161. The number of nitrogens with zero attached hydrogens (tertiary/aromatic N) is 1. The van der Waals surface area contributed by atoms with E-state index < -0.39 is 0 Å². The number of hydrogen-bond donors (Lipinski definition) is 0. The van der Waals surface area contributed by atoms with Gasteiger partial charge in [0.1, 0.15) is 0 Å². The molecule has 1 aliphatic heterocycles. The van der Waals surface area contributed by atoms with Gasteiger partial charge in [0, 0.05) is 28.9 Å². The largest absolute Gasteiger partial charge is 0.297 e. The van der Waals surface area contributed by atoms with Gasteiger partial charge in [-0.1, -0.05) is 37.1 Å². The minimum absolute atomic E-state index is 0. The van der Waals surface area contributed by atoms with E-state index in [-0.39, 0.29) is 12.4 Å². The van der Waals surface area contributed by atoms with Crippen molar-refractivity contribution in [1.82, 2.24) is 4.90 Å². The first-order valence-corrected chi connectivity index (χ1v) is 8.57. The molecule has 4 heteroatoms. The Kier molecular flexibility index (Phi) is 6.12. The molecule has 114 valence electrons. The Morgan fingerprint density at radius 1 is 1.24 bits per heavy atom. The lowest BCUT2D eigenvalue weighted by Gasteiger charge is -2.33. The lowest BCUT2D eigenvalue weighted by molar-refractivity contribution is 0.240. The maximum absolute atomic E-state index is 6.02. The molecule has 2 aromatic rings. The van der Waals surface area contributed by atoms with Gasteiger partial charge in [-0.25, -0.2) is 0 Å². The van der Waals surface area contributed by atoms with Gasteiger partial charge in [0.2, 0.25) is 0 Å². The zero-order chi connectivity index (χ0) is 13.9. The summed E-state index contributed by atoms with van der Waals surface area (Å²) in [5.74, 6) is 0.499. The molecule has 0 amide bonds. The Hall–Kier alpha value is -0.540. The van der Waals surface area contributed by atoms with Crippen LogP contribution in [0.25, 0.3) is 0 Å². The average molecular weight is 342 g/mol. The summed E-state index contributed by atoms with van der Waals surface area (Å²) in [5, 5.41) is 3.05. The molecule has 0 aliphatic carbocycles. The summed E-state index contributed by atoms with van der Waals surface area (Å²) in [4.78, 5) is 4.13. The van der Waals surface area contributed by atoms with E-state index >= 15 is 0 Å². The Labute approximate surface area is 142 Å². The molecule has 0 saturated heterocycles. The summed E-state index contributed by atoms with van der Waals surface area (Å²) < 4.78 is 0. The predicted molar refractivity (Wildman–Crippen MR) is 95.0 cm³/mol. The molecule has 2 heterocycles. The zero-order valence-electron chi connectivity index (χ0n) is 12.2. The molecule has 21 heavy (non-hydrogen) atoms. The van der Waals surface area contributed by atoms with E-state index in [0.717, 1.165) is 18.1 Å². The fourth-order valence-corrected chi connectivity index (χ4v) is 4.05. The lowest BCUT2D eigenvalue weighted by Crippen LogP contribution is -2.33. The quantitative estimate of drug-likeness (QED) is 0.702. The zero-order valence-corrected chi connectivity index (χ0v) is 14.6. The molecule has 1 atom stereocenters. The van der Waals surface area contributed by atoms with E-state index in [9.17, 15) is 0 Å². The van der Waals surface area contributed by atoms with E-state index in [1.807, 2.05) is 23.5 Å². The van der Waals surface area contributed by atoms with Gasteiger partial charge >= 0.3 is 0 Å². The van der Waals surface area contributed by atoms with Crippen molar-refractivity contribution in [2.75, 3.05) is 13.1 Å². The molecule has 1 aromatic carbocycles.